The molecule has 2 amide bonds. The van der Waals surface area contributed by atoms with E-state index in [1.807, 2.05) is 67.6 Å². The van der Waals surface area contributed by atoms with Crippen molar-refractivity contribution in [2.45, 2.75) is 13.3 Å². The Labute approximate surface area is 222 Å². The van der Waals surface area contributed by atoms with Crippen LogP contribution in [0, 0.1) is 6.92 Å². The third-order valence-electron chi connectivity index (χ3n) is 5.33. The number of thioether (sulfide) groups is 1. The van der Waals surface area contributed by atoms with Crippen LogP contribution in [-0.2, 0) is 16.0 Å². The highest BCUT2D eigenvalue weighted by molar-refractivity contribution is 9.10. The Kier molecular flexibility index (Phi) is 8.38. The molecule has 35 heavy (non-hydrogen) atoms. The maximum atomic E-state index is 12.9. The van der Waals surface area contributed by atoms with Crippen LogP contribution >= 0.6 is 39.9 Å². The predicted octanol–water partition coefficient (Wildman–Crippen LogP) is 6.22. The van der Waals surface area contributed by atoms with Crippen LogP contribution < -0.4 is 10.1 Å². The molecule has 0 spiro atoms. The van der Waals surface area contributed by atoms with Gasteiger partial charge in [-0.3, -0.25) is 14.5 Å². The molecule has 0 radical (unpaired) electrons. The fourth-order valence-electron chi connectivity index (χ4n) is 3.53. The summed E-state index contributed by atoms with van der Waals surface area (Å²) in [6, 6.07) is 23.0. The summed E-state index contributed by atoms with van der Waals surface area (Å²) < 4.78 is 7.20. The van der Waals surface area contributed by atoms with Crippen LogP contribution in [0.25, 0.3) is 6.08 Å². The van der Waals surface area contributed by atoms with Gasteiger partial charge in [0.15, 0.2) is 6.61 Å². The van der Waals surface area contributed by atoms with Gasteiger partial charge >= 0.3 is 0 Å². The molecule has 8 heteroatoms. The van der Waals surface area contributed by atoms with E-state index >= 15 is 0 Å². The van der Waals surface area contributed by atoms with E-state index in [1.54, 1.807) is 23.1 Å². The normalized spacial score (nSPS) is 14.5. The fourth-order valence-corrected chi connectivity index (χ4v) is 5.31. The molecule has 0 atom stereocenters. The van der Waals surface area contributed by atoms with Crippen molar-refractivity contribution in [3.05, 3.63) is 98.9 Å². The number of benzene rings is 3. The Bertz CT molecular complexity index is 1290. The second-order valence-corrected chi connectivity index (χ2v) is 10.5. The average molecular weight is 568 g/mol. The maximum Gasteiger partial charge on any atom is 0.266 e. The van der Waals surface area contributed by atoms with Crippen molar-refractivity contribution in [1.82, 2.24) is 4.90 Å². The van der Waals surface area contributed by atoms with E-state index in [-0.39, 0.29) is 18.4 Å². The molecule has 4 rings (SSSR count). The first-order chi connectivity index (χ1) is 16.9. The molecule has 0 aromatic heterocycles. The summed E-state index contributed by atoms with van der Waals surface area (Å²) in [7, 11) is 0. The highest BCUT2D eigenvalue weighted by atomic mass is 79.9. The summed E-state index contributed by atoms with van der Waals surface area (Å²) >= 11 is 10.2. The topological polar surface area (TPSA) is 58.6 Å². The largest absolute Gasteiger partial charge is 0.484 e. The Hall–Kier alpha value is -2.94. The van der Waals surface area contributed by atoms with Gasteiger partial charge in [0, 0.05) is 16.7 Å². The molecule has 1 aliphatic heterocycles. The quantitative estimate of drug-likeness (QED) is 0.259. The minimum Gasteiger partial charge on any atom is -0.484 e. The summed E-state index contributed by atoms with van der Waals surface area (Å²) in [5, 5.41) is 2.86. The monoisotopic (exact) mass is 566 g/mol. The molecule has 1 aliphatic rings. The lowest BCUT2D eigenvalue weighted by Crippen LogP contribution is -2.30. The number of halogens is 1. The molecule has 1 saturated heterocycles. The summed E-state index contributed by atoms with van der Waals surface area (Å²) in [5.74, 6) is 0.201. The number of amides is 2. The number of aryl methyl sites for hydroxylation is 1. The van der Waals surface area contributed by atoms with Gasteiger partial charge in [-0.05, 0) is 66.4 Å². The summed E-state index contributed by atoms with van der Waals surface area (Å²) in [6.45, 7) is 2.34. The number of rotatable bonds is 8. The second kappa shape index (κ2) is 11.7. The van der Waals surface area contributed by atoms with Crippen molar-refractivity contribution in [2.24, 2.45) is 0 Å². The first-order valence-corrected chi connectivity index (χ1v) is 13.0. The van der Waals surface area contributed by atoms with Gasteiger partial charge < -0.3 is 10.1 Å². The zero-order chi connectivity index (χ0) is 24.8. The molecule has 5 nitrogen and oxygen atoms in total. The van der Waals surface area contributed by atoms with Crippen LogP contribution in [0.3, 0.4) is 0 Å². The Morgan fingerprint density at radius 2 is 1.91 bits per heavy atom. The highest BCUT2D eigenvalue weighted by Gasteiger charge is 2.31. The first-order valence-electron chi connectivity index (χ1n) is 11.0. The van der Waals surface area contributed by atoms with Crippen LogP contribution in [0.2, 0.25) is 0 Å². The molecule has 3 aromatic carbocycles. The standard InChI is InChI=1S/C27H23BrN2O3S2/c1-18-14-21(28)10-11-23(18)29-25(31)17-33-22-9-5-8-20(15-22)16-24-26(32)30(27(34)35-24)13-12-19-6-3-2-4-7-19/h2-11,14-16H,12-13,17H2,1H3,(H,29,31)/b24-16-. The molecule has 0 saturated carbocycles. The van der Waals surface area contributed by atoms with Crippen LogP contribution in [-0.4, -0.2) is 34.2 Å². The van der Waals surface area contributed by atoms with E-state index in [9.17, 15) is 9.59 Å². The van der Waals surface area contributed by atoms with Crippen LogP contribution in [0.1, 0.15) is 16.7 Å². The van der Waals surface area contributed by atoms with Gasteiger partial charge in [-0.15, -0.1) is 0 Å². The van der Waals surface area contributed by atoms with Crippen molar-refractivity contribution < 1.29 is 14.3 Å². The van der Waals surface area contributed by atoms with E-state index in [0.29, 0.717) is 21.5 Å². The number of carbonyl (C=O) groups is 2. The second-order valence-electron chi connectivity index (χ2n) is 7.94. The average Bonchev–Trinajstić information content (AvgIpc) is 3.11. The van der Waals surface area contributed by atoms with Crippen molar-refractivity contribution in [3.63, 3.8) is 0 Å². The number of nitrogens with one attached hydrogen (secondary N) is 1. The lowest BCUT2D eigenvalue weighted by molar-refractivity contribution is -0.122. The van der Waals surface area contributed by atoms with Gasteiger partial charge in [-0.2, -0.15) is 0 Å². The highest BCUT2D eigenvalue weighted by Crippen LogP contribution is 2.33. The van der Waals surface area contributed by atoms with Gasteiger partial charge in [0.05, 0.1) is 4.91 Å². The molecule has 1 N–H and O–H groups in total. The van der Waals surface area contributed by atoms with Gasteiger partial charge in [-0.25, -0.2) is 0 Å². The van der Waals surface area contributed by atoms with Crippen LogP contribution in [0.4, 0.5) is 5.69 Å². The Morgan fingerprint density at radius 3 is 2.69 bits per heavy atom. The number of ether oxygens (including phenoxy) is 1. The first kappa shape index (κ1) is 25.2. The Morgan fingerprint density at radius 1 is 1.11 bits per heavy atom. The van der Waals surface area contributed by atoms with E-state index in [0.717, 1.165) is 33.3 Å². The molecule has 0 aliphatic carbocycles. The number of anilines is 1. The number of hydrogen-bond acceptors (Lipinski definition) is 5. The SMILES string of the molecule is Cc1cc(Br)ccc1NC(=O)COc1cccc(/C=C2\SC(=S)N(CCc3ccccc3)C2=O)c1. The van der Waals surface area contributed by atoms with Gasteiger partial charge in [0.1, 0.15) is 10.1 Å². The lowest BCUT2D eigenvalue weighted by atomic mass is 10.1. The third-order valence-corrected chi connectivity index (χ3v) is 7.20. The van der Waals surface area contributed by atoms with Gasteiger partial charge in [-0.1, -0.05) is 82.4 Å². The molecule has 0 bridgehead atoms. The lowest BCUT2D eigenvalue weighted by Gasteiger charge is -2.14. The van der Waals surface area contributed by atoms with E-state index in [4.69, 9.17) is 17.0 Å². The predicted molar refractivity (Wildman–Crippen MR) is 149 cm³/mol. The summed E-state index contributed by atoms with van der Waals surface area (Å²) in [4.78, 5) is 27.5. The molecule has 3 aromatic rings. The van der Waals surface area contributed by atoms with Crippen LogP contribution in [0.5, 0.6) is 5.75 Å². The van der Waals surface area contributed by atoms with Gasteiger partial charge in [0.2, 0.25) is 0 Å². The minimum atomic E-state index is -0.250. The molecular weight excluding hydrogens is 544 g/mol. The number of thiocarbonyl (C=S) groups is 1. The van der Waals surface area contributed by atoms with Gasteiger partial charge in [0.25, 0.3) is 11.8 Å². The third kappa shape index (κ3) is 6.81. The molecule has 178 valence electrons. The maximum absolute atomic E-state index is 12.9. The molecule has 0 unspecified atom stereocenters. The van der Waals surface area contributed by atoms with Crippen LogP contribution in [0.15, 0.2) is 82.2 Å². The summed E-state index contributed by atoms with van der Waals surface area (Å²) in [5.41, 5.74) is 3.66. The van der Waals surface area contributed by atoms with Crippen molar-refractivity contribution in [2.75, 3.05) is 18.5 Å². The molecule has 1 fully saturated rings. The van der Waals surface area contributed by atoms with Crippen molar-refractivity contribution in [3.8, 4) is 5.75 Å². The van der Waals surface area contributed by atoms with E-state index in [2.05, 4.69) is 21.2 Å². The number of carbonyl (C=O) groups excluding carboxylic acids is 2. The van der Waals surface area contributed by atoms with E-state index in [1.165, 1.54) is 11.8 Å². The van der Waals surface area contributed by atoms with Crippen molar-refractivity contribution in [1.29, 1.82) is 0 Å². The summed E-state index contributed by atoms with van der Waals surface area (Å²) in [6.07, 6.45) is 2.55. The minimum absolute atomic E-state index is 0.0912. The zero-order valence-corrected chi connectivity index (χ0v) is 22.2. The number of nitrogens with zero attached hydrogens (tertiary/aromatic N) is 1. The fraction of sp³-hybridized carbons (Fsp3) is 0.148. The molecular formula is C27H23BrN2O3S2. The van der Waals surface area contributed by atoms with E-state index < -0.39 is 0 Å². The Balaban J connectivity index is 1.35. The number of hydrogen-bond donors (Lipinski definition) is 1. The zero-order valence-electron chi connectivity index (χ0n) is 19.0. The smallest absolute Gasteiger partial charge is 0.266 e. The van der Waals surface area contributed by atoms with Crippen molar-refractivity contribution >= 4 is 67.8 Å². The molecule has 1 heterocycles.